The van der Waals surface area contributed by atoms with Crippen LogP contribution in [0.2, 0.25) is 0 Å². The van der Waals surface area contributed by atoms with Crippen molar-refractivity contribution in [3.8, 4) is 0 Å². The monoisotopic (exact) mass is 288 g/mol. The van der Waals surface area contributed by atoms with Gasteiger partial charge in [0.1, 0.15) is 0 Å². The SMILES string of the molecule is CCC(NC(=O)O)N(C(CC)N(C)C)C(CC)N(C)C. The lowest BCUT2D eigenvalue weighted by Gasteiger charge is -2.47. The van der Waals surface area contributed by atoms with Crippen molar-refractivity contribution in [3.63, 3.8) is 0 Å². The van der Waals surface area contributed by atoms with Gasteiger partial charge in [0.2, 0.25) is 0 Å². The maximum Gasteiger partial charge on any atom is 0.405 e. The Hall–Kier alpha value is -0.850. The van der Waals surface area contributed by atoms with Gasteiger partial charge in [0, 0.05) is 0 Å². The van der Waals surface area contributed by atoms with E-state index < -0.39 is 6.09 Å². The summed E-state index contributed by atoms with van der Waals surface area (Å²) in [6.07, 6.45) is 1.85. The molecule has 3 atom stereocenters. The van der Waals surface area contributed by atoms with Crippen molar-refractivity contribution in [2.24, 2.45) is 0 Å². The van der Waals surface area contributed by atoms with Crippen molar-refractivity contribution < 1.29 is 9.90 Å². The van der Waals surface area contributed by atoms with Crippen LogP contribution in [0.15, 0.2) is 0 Å². The summed E-state index contributed by atoms with van der Waals surface area (Å²) in [6.45, 7) is 6.28. The highest BCUT2D eigenvalue weighted by Gasteiger charge is 2.33. The fourth-order valence-electron chi connectivity index (χ4n) is 2.83. The van der Waals surface area contributed by atoms with Gasteiger partial charge in [-0.25, -0.2) is 4.79 Å². The van der Waals surface area contributed by atoms with Crippen LogP contribution in [0.25, 0.3) is 0 Å². The molecule has 0 aliphatic carbocycles. The molecule has 0 spiro atoms. The molecule has 120 valence electrons. The Morgan fingerprint density at radius 2 is 1.35 bits per heavy atom. The number of carboxylic acid groups (broad SMARTS) is 1. The summed E-state index contributed by atoms with van der Waals surface area (Å²) in [5.41, 5.74) is 0. The summed E-state index contributed by atoms with van der Waals surface area (Å²) >= 11 is 0. The summed E-state index contributed by atoms with van der Waals surface area (Å²) in [5, 5.41) is 11.7. The molecule has 0 bridgehead atoms. The quantitative estimate of drug-likeness (QED) is 0.635. The molecule has 0 aromatic rings. The van der Waals surface area contributed by atoms with E-state index in [1.165, 1.54) is 0 Å². The summed E-state index contributed by atoms with van der Waals surface area (Å²) in [4.78, 5) is 17.6. The zero-order valence-corrected chi connectivity index (χ0v) is 14.1. The molecule has 0 aliphatic rings. The van der Waals surface area contributed by atoms with Crippen molar-refractivity contribution in [2.45, 2.75) is 58.5 Å². The van der Waals surface area contributed by atoms with E-state index in [1.807, 2.05) is 35.1 Å². The normalized spacial score (nSPS) is 16.5. The van der Waals surface area contributed by atoms with Gasteiger partial charge < -0.3 is 10.4 Å². The molecule has 0 fully saturated rings. The van der Waals surface area contributed by atoms with E-state index in [0.29, 0.717) is 0 Å². The summed E-state index contributed by atoms with van der Waals surface area (Å²) < 4.78 is 0. The van der Waals surface area contributed by atoms with E-state index in [4.69, 9.17) is 5.11 Å². The van der Waals surface area contributed by atoms with Gasteiger partial charge >= 0.3 is 6.09 Å². The molecular weight excluding hydrogens is 256 g/mol. The molecule has 6 heteroatoms. The number of rotatable bonds is 9. The Balaban J connectivity index is 5.45. The second kappa shape index (κ2) is 9.15. The van der Waals surface area contributed by atoms with Crippen LogP contribution in [0.4, 0.5) is 4.79 Å². The first-order valence-corrected chi connectivity index (χ1v) is 7.39. The molecule has 0 saturated carbocycles. The number of hydrogen-bond donors (Lipinski definition) is 2. The number of hydrogen-bond acceptors (Lipinski definition) is 4. The van der Waals surface area contributed by atoms with Gasteiger partial charge in [-0.05, 0) is 47.5 Å². The van der Waals surface area contributed by atoms with Gasteiger partial charge in [-0.1, -0.05) is 20.8 Å². The Bertz CT molecular complexity index is 268. The third-order valence-electron chi connectivity index (χ3n) is 3.65. The molecule has 0 aromatic heterocycles. The largest absolute Gasteiger partial charge is 0.465 e. The van der Waals surface area contributed by atoms with Gasteiger partial charge in [-0.3, -0.25) is 14.7 Å². The van der Waals surface area contributed by atoms with E-state index in [2.05, 4.69) is 33.9 Å². The molecule has 20 heavy (non-hydrogen) atoms. The van der Waals surface area contributed by atoms with E-state index >= 15 is 0 Å². The minimum absolute atomic E-state index is 0.188. The maximum absolute atomic E-state index is 11.1. The molecule has 0 saturated heterocycles. The van der Waals surface area contributed by atoms with E-state index in [9.17, 15) is 4.79 Å². The van der Waals surface area contributed by atoms with Crippen LogP contribution < -0.4 is 5.32 Å². The molecule has 1 amide bonds. The third-order valence-corrected chi connectivity index (χ3v) is 3.65. The molecule has 0 aromatic carbocycles. The van der Waals surface area contributed by atoms with Crippen LogP contribution in [-0.4, -0.2) is 72.6 Å². The summed E-state index contributed by atoms with van der Waals surface area (Å²) in [6, 6.07) is 0. The lowest BCUT2D eigenvalue weighted by Crippen LogP contribution is -2.62. The van der Waals surface area contributed by atoms with Gasteiger partial charge in [-0.15, -0.1) is 0 Å². The van der Waals surface area contributed by atoms with Crippen LogP contribution in [0.5, 0.6) is 0 Å². The topological polar surface area (TPSA) is 59.1 Å². The van der Waals surface area contributed by atoms with E-state index in [0.717, 1.165) is 19.3 Å². The first-order chi connectivity index (χ1) is 9.29. The Morgan fingerprint density at radius 1 is 0.950 bits per heavy atom. The standard InChI is InChI=1S/C14H32N4O2/c1-8-11(15-14(19)20)18(12(9-2)16(4)5)13(10-3)17(6)7/h11-13,15H,8-10H2,1-7H3,(H,19,20). The fraction of sp³-hybridized carbons (Fsp3) is 0.929. The molecule has 6 nitrogen and oxygen atoms in total. The number of nitrogens with one attached hydrogen (secondary N) is 1. The lowest BCUT2D eigenvalue weighted by atomic mass is 10.1. The van der Waals surface area contributed by atoms with Crippen molar-refractivity contribution in [1.82, 2.24) is 20.0 Å². The molecular formula is C14H32N4O2. The highest BCUT2D eigenvalue weighted by Crippen LogP contribution is 2.20. The first kappa shape index (κ1) is 19.1. The van der Waals surface area contributed by atoms with E-state index in [1.54, 1.807) is 0 Å². The first-order valence-electron chi connectivity index (χ1n) is 7.39. The minimum atomic E-state index is -0.968. The summed E-state index contributed by atoms with van der Waals surface area (Å²) in [5.74, 6) is 0. The van der Waals surface area contributed by atoms with Gasteiger partial charge in [-0.2, -0.15) is 0 Å². The Kier molecular flexibility index (Phi) is 8.76. The number of carbonyl (C=O) groups is 1. The van der Waals surface area contributed by atoms with Crippen LogP contribution in [0, 0.1) is 0 Å². The predicted molar refractivity (Wildman–Crippen MR) is 82.6 cm³/mol. The highest BCUT2D eigenvalue weighted by molar-refractivity contribution is 5.64. The van der Waals surface area contributed by atoms with Crippen molar-refractivity contribution in [1.29, 1.82) is 0 Å². The van der Waals surface area contributed by atoms with Gasteiger partial charge in [0.15, 0.2) is 0 Å². The van der Waals surface area contributed by atoms with Gasteiger partial charge in [0.05, 0.1) is 18.5 Å². The Morgan fingerprint density at radius 3 is 1.55 bits per heavy atom. The maximum atomic E-state index is 11.1. The zero-order chi connectivity index (χ0) is 15.9. The second-order valence-electron chi connectivity index (χ2n) is 5.53. The number of amides is 1. The highest BCUT2D eigenvalue weighted by atomic mass is 16.4. The fourth-order valence-corrected chi connectivity index (χ4v) is 2.83. The molecule has 2 N–H and O–H groups in total. The van der Waals surface area contributed by atoms with Crippen LogP contribution in [-0.2, 0) is 0 Å². The van der Waals surface area contributed by atoms with E-state index in [-0.39, 0.29) is 18.5 Å². The summed E-state index contributed by atoms with van der Waals surface area (Å²) in [7, 11) is 8.15. The molecule has 0 aliphatic heterocycles. The van der Waals surface area contributed by atoms with Crippen molar-refractivity contribution >= 4 is 6.09 Å². The average molecular weight is 288 g/mol. The lowest BCUT2D eigenvalue weighted by molar-refractivity contribution is -0.0587. The molecule has 3 unspecified atom stereocenters. The molecule has 0 radical (unpaired) electrons. The zero-order valence-electron chi connectivity index (χ0n) is 14.1. The second-order valence-corrected chi connectivity index (χ2v) is 5.53. The third kappa shape index (κ3) is 5.26. The Labute approximate surface area is 123 Å². The average Bonchev–Trinajstić information content (AvgIpc) is 2.35. The van der Waals surface area contributed by atoms with Crippen LogP contribution in [0.1, 0.15) is 40.0 Å². The van der Waals surface area contributed by atoms with Crippen molar-refractivity contribution in [3.05, 3.63) is 0 Å². The minimum Gasteiger partial charge on any atom is -0.465 e. The van der Waals surface area contributed by atoms with Gasteiger partial charge in [0.25, 0.3) is 0 Å². The van der Waals surface area contributed by atoms with Crippen LogP contribution in [0.3, 0.4) is 0 Å². The van der Waals surface area contributed by atoms with Crippen LogP contribution >= 0.6 is 0 Å². The van der Waals surface area contributed by atoms with Crippen molar-refractivity contribution in [2.75, 3.05) is 28.2 Å². The molecule has 0 rings (SSSR count). The number of nitrogens with zero attached hydrogens (tertiary/aromatic N) is 3. The smallest absolute Gasteiger partial charge is 0.405 e. The predicted octanol–water partition coefficient (Wildman–Crippen LogP) is 1.89. The molecule has 0 heterocycles.